The Kier molecular flexibility index (Phi) is 8.28. The van der Waals surface area contributed by atoms with Crippen LogP contribution in [0.15, 0.2) is 48.5 Å². The highest BCUT2D eigenvalue weighted by molar-refractivity contribution is 5.92. The van der Waals surface area contributed by atoms with E-state index in [1.54, 1.807) is 62.8 Å². The zero-order valence-corrected chi connectivity index (χ0v) is 15.5. The fourth-order valence-electron chi connectivity index (χ4n) is 2.11. The Morgan fingerprint density at radius 2 is 1.00 bits per heavy atom. The molecule has 0 bridgehead atoms. The van der Waals surface area contributed by atoms with Gasteiger partial charge in [0.15, 0.2) is 0 Å². The van der Waals surface area contributed by atoms with E-state index >= 15 is 0 Å². The van der Waals surface area contributed by atoms with Gasteiger partial charge in [-0.1, -0.05) is 0 Å². The van der Waals surface area contributed by atoms with Crippen molar-refractivity contribution in [3.8, 4) is 11.5 Å². The van der Waals surface area contributed by atoms with Crippen molar-refractivity contribution in [2.24, 2.45) is 0 Å². The first-order chi connectivity index (χ1) is 13.1. The molecule has 144 valence electrons. The first kappa shape index (κ1) is 20.4. The zero-order valence-electron chi connectivity index (χ0n) is 15.5. The van der Waals surface area contributed by atoms with Crippen molar-refractivity contribution in [1.29, 1.82) is 10.8 Å². The molecule has 2 aromatic rings. The van der Waals surface area contributed by atoms with Crippen LogP contribution in [0, 0.1) is 10.8 Å². The number of hydrogen-bond donors (Lipinski definition) is 2. The van der Waals surface area contributed by atoms with Crippen LogP contribution < -0.4 is 4.74 Å². The molecule has 0 radical (unpaired) electrons. The predicted molar refractivity (Wildman–Crippen MR) is 102 cm³/mol. The fourth-order valence-corrected chi connectivity index (χ4v) is 2.11. The van der Waals surface area contributed by atoms with Crippen molar-refractivity contribution in [3.63, 3.8) is 0 Å². The Morgan fingerprint density at radius 3 is 1.33 bits per heavy atom. The van der Waals surface area contributed by atoms with Crippen molar-refractivity contribution >= 4 is 11.8 Å². The molecule has 0 fully saturated rings. The molecule has 0 saturated heterocycles. The first-order valence-corrected chi connectivity index (χ1v) is 8.43. The number of methoxy groups -OCH3 is 2. The average Bonchev–Trinajstić information content (AvgIpc) is 2.69. The third-order valence-corrected chi connectivity index (χ3v) is 3.54. The molecule has 0 heterocycles. The smallest absolute Gasteiger partial charge is 0.213 e. The van der Waals surface area contributed by atoms with Crippen LogP contribution >= 0.6 is 0 Å². The monoisotopic (exact) mass is 372 g/mol. The predicted octanol–water partition coefficient (Wildman–Crippen LogP) is 3.46. The SMILES string of the molecule is COCCOC(=N)c1ccc(Oc2ccc(C(=N)OCCOC)cc2)cc1. The van der Waals surface area contributed by atoms with Crippen LogP contribution in [0.1, 0.15) is 11.1 Å². The summed E-state index contributed by atoms with van der Waals surface area (Å²) < 4.78 is 26.1. The minimum atomic E-state index is 0.0925. The minimum Gasteiger partial charge on any atom is -0.475 e. The van der Waals surface area contributed by atoms with Crippen LogP contribution in [0.2, 0.25) is 0 Å². The quantitative estimate of drug-likeness (QED) is 0.378. The number of nitrogens with one attached hydrogen (secondary N) is 2. The third-order valence-electron chi connectivity index (χ3n) is 3.54. The summed E-state index contributed by atoms with van der Waals surface area (Å²) in [6.07, 6.45) is 0. The largest absolute Gasteiger partial charge is 0.475 e. The summed E-state index contributed by atoms with van der Waals surface area (Å²) in [7, 11) is 3.17. The average molecular weight is 372 g/mol. The Balaban J connectivity index is 1.89. The van der Waals surface area contributed by atoms with Gasteiger partial charge in [-0.15, -0.1) is 0 Å². The van der Waals surface area contributed by atoms with Gasteiger partial charge in [0.2, 0.25) is 11.8 Å². The molecule has 7 nitrogen and oxygen atoms in total. The van der Waals surface area contributed by atoms with Crippen molar-refractivity contribution in [2.45, 2.75) is 0 Å². The van der Waals surface area contributed by atoms with Gasteiger partial charge in [0.25, 0.3) is 0 Å². The highest BCUT2D eigenvalue weighted by Crippen LogP contribution is 2.22. The lowest BCUT2D eigenvalue weighted by molar-refractivity contribution is 0.141. The summed E-state index contributed by atoms with van der Waals surface area (Å²) in [5.41, 5.74) is 1.32. The second kappa shape index (κ2) is 10.9. The summed E-state index contributed by atoms with van der Waals surface area (Å²) in [6, 6.07) is 14.1. The van der Waals surface area contributed by atoms with Gasteiger partial charge in [0, 0.05) is 25.3 Å². The molecule has 0 aliphatic heterocycles. The second-order valence-corrected chi connectivity index (χ2v) is 5.49. The molecule has 2 aromatic carbocycles. The zero-order chi connectivity index (χ0) is 19.5. The Morgan fingerprint density at radius 1 is 0.630 bits per heavy atom. The van der Waals surface area contributed by atoms with E-state index in [1.807, 2.05) is 0 Å². The van der Waals surface area contributed by atoms with Crippen molar-refractivity contribution < 1.29 is 23.7 Å². The van der Waals surface area contributed by atoms with Gasteiger partial charge in [-0.2, -0.15) is 0 Å². The Labute approximate surface area is 158 Å². The van der Waals surface area contributed by atoms with E-state index < -0.39 is 0 Å². The number of ether oxygens (including phenoxy) is 5. The molecule has 0 atom stereocenters. The van der Waals surface area contributed by atoms with Gasteiger partial charge in [-0.05, 0) is 48.5 Å². The van der Waals surface area contributed by atoms with Gasteiger partial charge in [0.05, 0.1) is 13.2 Å². The number of rotatable bonds is 10. The molecule has 0 unspecified atom stereocenters. The molecule has 0 aliphatic rings. The van der Waals surface area contributed by atoms with Gasteiger partial charge in [0.1, 0.15) is 24.7 Å². The normalized spacial score (nSPS) is 10.3. The van der Waals surface area contributed by atoms with Crippen LogP contribution in [0.25, 0.3) is 0 Å². The van der Waals surface area contributed by atoms with E-state index in [1.165, 1.54) is 0 Å². The van der Waals surface area contributed by atoms with Crippen LogP contribution in [-0.2, 0) is 18.9 Å². The van der Waals surface area contributed by atoms with E-state index in [0.29, 0.717) is 49.1 Å². The van der Waals surface area contributed by atoms with E-state index in [4.69, 9.17) is 34.5 Å². The van der Waals surface area contributed by atoms with Crippen molar-refractivity contribution in [2.75, 3.05) is 40.6 Å². The summed E-state index contributed by atoms with van der Waals surface area (Å²) in [5, 5.41) is 15.7. The topological polar surface area (TPSA) is 93.9 Å². The van der Waals surface area contributed by atoms with Gasteiger partial charge < -0.3 is 23.7 Å². The maximum atomic E-state index is 7.87. The van der Waals surface area contributed by atoms with Gasteiger partial charge >= 0.3 is 0 Å². The summed E-state index contributed by atoms with van der Waals surface area (Å²) in [4.78, 5) is 0. The van der Waals surface area contributed by atoms with E-state index in [9.17, 15) is 0 Å². The van der Waals surface area contributed by atoms with E-state index in [-0.39, 0.29) is 11.8 Å². The molecule has 27 heavy (non-hydrogen) atoms. The van der Waals surface area contributed by atoms with E-state index in [0.717, 1.165) is 0 Å². The molecule has 2 N–H and O–H groups in total. The van der Waals surface area contributed by atoms with Gasteiger partial charge in [-0.3, -0.25) is 10.8 Å². The molecule has 0 saturated carbocycles. The molecule has 2 rings (SSSR count). The van der Waals surface area contributed by atoms with Crippen molar-refractivity contribution in [1.82, 2.24) is 0 Å². The van der Waals surface area contributed by atoms with Crippen LogP contribution in [0.4, 0.5) is 0 Å². The van der Waals surface area contributed by atoms with Crippen molar-refractivity contribution in [3.05, 3.63) is 59.7 Å². The Bertz CT molecular complexity index is 666. The molecule has 0 aliphatic carbocycles. The molecular formula is C20H24N2O5. The summed E-state index contributed by atoms with van der Waals surface area (Å²) >= 11 is 0. The molecular weight excluding hydrogens is 348 g/mol. The summed E-state index contributed by atoms with van der Waals surface area (Å²) in [5.74, 6) is 1.47. The minimum absolute atomic E-state index is 0.0925. The highest BCUT2D eigenvalue weighted by atomic mass is 16.5. The van der Waals surface area contributed by atoms with E-state index in [2.05, 4.69) is 0 Å². The third kappa shape index (κ3) is 6.73. The molecule has 0 spiro atoms. The molecule has 0 amide bonds. The standard InChI is InChI=1S/C20H24N2O5/c1-23-11-13-25-19(21)15-3-7-17(8-4-15)27-18-9-5-16(6-10-18)20(22)26-14-12-24-2/h3-10,21-22H,11-14H2,1-2H3. The molecule has 0 aromatic heterocycles. The second-order valence-electron chi connectivity index (χ2n) is 5.49. The first-order valence-electron chi connectivity index (χ1n) is 8.43. The molecule has 7 heteroatoms. The summed E-state index contributed by atoms with van der Waals surface area (Å²) in [6.45, 7) is 1.55. The van der Waals surface area contributed by atoms with Crippen LogP contribution in [0.3, 0.4) is 0 Å². The maximum absolute atomic E-state index is 7.87. The lowest BCUT2D eigenvalue weighted by Crippen LogP contribution is -2.10. The lowest BCUT2D eigenvalue weighted by atomic mass is 10.2. The number of hydrogen-bond acceptors (Lipinski definition) is 7. The van der Waals surface area contributed by atoms with Crippen LogP contribution in [0.5, 0.6) is 11.5 Å². The number of benzene rings is 2. The lowest BCUT2D eigenvalue weighted by Gasteiger charge is -2.10. The Hall–Kier alpha value is -2.90. The fraction of sp³-hybridized carbons (Fsp3) is 0.300. The van der Waals surface area contributed by atoms with Crippen LogP contribution in [-0.4, -0.2) is 52.4 Å². The maximum Gasteiger partial charge on any atom is 0.213 e. The highest BCUT2D eigenvalue weighted by Gasteiger charge is 2.06. The van der Waals surface area contributed by atoms with Gasteiger partial charge in [-0.25, -0.2) is 0 Å².